The summed E-state index contributed by atoms with van der Waals surface area (Å²) in [6.07, 6.45) is -1.19. The summed E-state index contributed by atoms with van der Waals surface area (Å²) in [4.78, 5) is 13.0. The summed E-state index contributed by atoms with van der Waals surface area (Å²) in [5.41, 5.74) is 1.83. The summed E-state index contributed by atoms with van der Waals surface area (Å²) in [6, 6.07) is 20.1. The topological polar surface area (TPSA) is 50.7 Å². The van der Waals surface area contributed by atoms with Crippen LogP contribution in [0.25, 0.3) is 22.6 Å². The molecule has 4 aromatic rings. The van der Waals surface area contributed by atoms with Crippen LogP contribution in [0.3, 0.4) is 0 Å². The Morgan fingerprint density at radius 1 is 0.767 bits per heavy atom. The predicted molar refractivity (Wildman–Crippen MR) is 109 cm³/mol. The van der Waals surface area contributed by atoms with E-state index in [2.05, 4.69) is 20.3 Å². The molecule has 0 aliphatic heterocycles. The Balaban J connectivity index is 1.74. The number of rotatable bonds is 5. The SMILES string of the molecule is FC(F)(F)c1cccc(-c2cc(NCc3ccccc3)nc(-c3ccncc3)n2)c1. The highest BCUT2D eigenvalue weighted by Crippen LogP contribution is 2.32. The van der Waals surface area contributed by atoms with Gasteiger partial charge in [-0.3, -0.25) is 4.98 Å². The van der Waals surface area contributed by atoms with E-state index in [9.17, 15) is 13.2 Å². The molecule has 0 amide bonds. The molecule has 150 valence electrons. The van der Waals surface area contributed by atoms with Crippen molar-refractivity contribution in [3.05, 3.63) is 96.3 Å². The molecule has 2 aromatic heterocycles. The van der Waals surface area contributed by atoms with Crippen LogP contribution in [0.15, 0.2) is 85.2 Å². The number of anilines is 1. The molecule has 4 rings (SSSR count). The average molecular weight is 406 g/mol. The minimum atomic E-state index is -4.43. The van der Waals surface area contributed by atoms with Gasteiger partial charge >= 0.3 is 6.18 Å². The zero-order valence-corrected chi connectivity index (χ0v) is 15.8. The van der Waals surface area contributed by atoms with Crippen LogP contribution in [-0.4, -0.2) is 15.0 Å². The third kappa shape index (κ3) is 4.63. The Hall–Kier alpha value is -3.74. The molecule has 0 radical (unpaired) electrons. The number of aromatic nitrogens is 3. The first-order valence-electron chi connectivity index (χ1n) is 9.24. The van der Waals surface area contributed by atoms with E-state index in [4.69, 9.17) is 0 Å². The lowest BCUT2D eigenvalue weighted by molar-refractivity contribution is -0.137. The van der Waals surface area contributed by atoms with Crippen molar-refractivity contribution in [2.75, 3.05) is 5.32 Å². The summed E-state index contributed by atoms with van der Waals surface area (Å²) in [6.45, 7) is 0.523. The fraction of sp³-hybridized carbons (Fsp3) is 0.0870. The van der Waals surface area contributed by atoms with Crippen LogP contribution < -0.4 is 5.32 Å². The molecule has 0 bridgehead atoms. The summed E-state index contributed by atoms with van der Waals surface area (Å²) in [5.74, 6) is 0.927. The molecule has 0 aliphatic rings. The highest BCUT2D eigenvalue weighted by molar-refractivity contribution is 5.68. The fourth-order valence-electron chi connectivity index (χ4n) is 2.96. The molecular weight excluding hydrogens is 389 g/mol. The maximum atomic E-state index is 13.2. The molecular formula is C23H17F3N4. The first kappa shape index (κ1) is 19.6. The number of nitrogens with one attached hydrogen (secondary N) is 1. The zero-order chi connectivity index (χ0) is 21.0. The van der Waals surface area contributed by atoms with E-state index in [1.165, 1.54) is 6.07 Å². The largest absolute Gasteiger partial charge is 0.416 e. The van der Waals surface area contributed by atoms with Crippen molar-refractivity contribution in [2.24, 2.45) is 0 Å². The Bertz CT molecular complexity index is 1130. The van der Waals surface area contributed by atoms with E-state index < -0.39 is 11.7 Å². The zero-order valence-electron chi connectivity index (χ0n) is 15.8. The smallest absolute Gasteiger partial charge is 0.366 e. The van der Waals surface area contributed by atoms with Gasteiger partial charge in [0, 0.05) is 36.1 Å². The molecule has 0 saturated heterocycles. The minimum Gasteiger partial charge on any atom is -0.366 e. The first-order valence-corrected chi connectivity index (χ1v) is 9.24. The lowest BCUT2D eigenvalue weighted by atomic mass is 10.1. The van der Waals surface area contributed by atoms with Gasteiger partial charge in [-0.2, -0.15) is 13.2 Å². The van der Waals surface area contributed by atoms with Crippen molar-refractivity contribution in [3.8, 4) is 22.6 Å². The molecule has 4 nitrogen and oxygen atoms in total. The lowest BCUT2D eigenvalue weighted by Gasteiger charge is -2.12. The summed E-state index contributed by atoms with van der Waals surface area (Å²) >= 11 is 0. The van der Waals surface area contributed by atoms with Crippen LogP contribution in [-0.2, 0) is 12.7 Å². The van der Waals surface area contributed by atoms with E-state index >= 15 is 0 Å². The van der Waals surface area contributed by atoms with Crippen LogP contribution in [0, 0.1) is 0 Å². The first-order chi connectivity index (χ1) is 14.5. The standard InChI is InChI=1S/C23H17F3N4/c24-23(25,26)19-8-4-7-18(13-19)20-14-21(28-15-16-5-2-1-3-6-16)30-22(29-20)17-9-11-27-12-10-17/h1-14H,15H2,(H,28,29,30). The molecule has 0 fully saturated rings. The molecule has 7 heteroatoms. The Morgan fingerprint density at radius 3 is 2.27 bits per heavy atom. The Morgan fingerprint density at radius 2 is 1.53 bits per heavy atom. The monoisotopic (exact) mass is 406 g/mol. The van der Waals surface area contributed by atoms with Crippen molar-refractivity contribution in [2.45, 2.75) is 12.7 Å². The van der Waals surface area contributed by atoms with Crippen molar-refractivity contribution < 1.29 is 13.2 Å². The number of alkyl halides is 3. The van der Waals surface area contributed by atoms with E-state index in [1.54, 1.807) is 36.7 Å². The minimum absolute atomic E-state index is 0.366. The number of hydrogen-bond acceptors (Lipinski definition) is 4. The number of pyridine rings is 1. The molecule has 1 N–H and O–H groups in total. The molecule has 0 spiro atoms. The molecule has 30 heavy (non-hydrogen) atoms. The van der Waals surface area contributed by atoms with Gasteiger partial charge < -0.3 is 5.32 Å². The summed E-state index contributed by atoms with van der Waals surface area (Å²) in [7, 11) is 0. The van der Waals surface area contributed by atoms with Crippen molar-refractivity contribution in [1.82, 2.24) is 15.0 Å². The maximum Gasteiger partial charge on any atom is 0.416 e. The van der Waals surface area contributed by atoms with Crippen molar-refractivity contribution in [1.29, 1.82) is 0 Å². The third-order valence-corrected chi connectivity index (χ3v) is 4.47. The summed E-state index contributed by atoms with van der Waals surface area (Å²) < 4.78 is 39.5. The van der Waals surface area contributed by atoms with Gasteiger partial charge in [0.05, 0.1) is 11.3 Å². The third-order valence-electron chi connectivity index (χ3n) is 4.47. The molecule has 0 atom stereocenters. The molecule has 0 saturated carbocycles. The Kier molecular flexibility index (Phi) is 5.43. The maximum absolute atomic E-state index is 13.2. The normalized spacial score (nSPS) is 11.3. The van der Waals surface area contributed by atoms with Crippen molar-refractivity contribution >= 4 is 5.82 Å². The second-order valence-electron chi connectivity index (χ2n) is 6.62. The second-order valence-corrected chi connectivity index (χ2v) is 6.62. The van der Waals surface area contributed by atoms with Crippen LogP contribution in [0.5, 0.6) is 0 Å². The van der Waals surface area contributed by atoms with E-state index in [-0.39, 0.29) is 0 Å². The number of benzene rings is 2. The highest BCUT2D eigenvalue weighted by Gasteiger charge is 2.30. The van der Waals surface area contributed by atoms with Gasteiger partial charge in [-0.25, -0.2) is 9.97 Å². The highest BCUT2D eigenvalue weighted by atomic mass is 19.4. The molecule has 0 aliphatic carbocycles. The quantitative estimate of drug-likeness (QED) is 0.453. The number of hydrogen-bond donors (Lipinski definition) is 1. The van der Waals surface area contributed by atoms with Crippen LogP contribution in [0.4, 0.5) is 19.0 Å². The average Bonchev–Trinajstić information content (AvgIpc) is 2.78. The van der Waals surface area contributed by atoms with Gasteiger partial charge in [0.2, 0.25) is 0 Å². The van der Waals surface area contributed by atoms with E-state index in [1.807, 2.05) is 30.3 Å². The van der Waals surface area contributed by atoms with Gasteiger partial charge in [0.15, 0.2) is 5.82 Å². The predicted octanol–water partition coefficient (Wildman–Crippen LogP) is 5.84. The Labute approximate surface area is 171 Å². The van der Waals surface area contributed by atoms with E-state index in [0.29, 0.717) is 29.4 Å². The van der Waals surface area contributed by atoms with Crippen molar-refractivity contribution in [3.63, 3.8) is 0 Å². The number of nitrogens with zero attached hydrogens (tertiary/aromatic N) is 3. The molecule has 2 aromatic carbocycles. The van der Waals surface area contributed by atoms with Gasteiger partial charge in [-0.05, 0) is 29.8 Å². The van der Waals surface area contributed by atoms with Crippen LogP contribution >= 0.6 is 0 Å². The van der Waals surface area contributed by atoms with Gasteiger partial charge in [-0.15, -0.1) is 0 Å². The fourth-order valence-corrected chi connectivity index (χ4v) is 2.96. The van der Waals surface area contributed by atoms with Gasteiger partial charge in [0.25, 0.3) is 0 Å². The van der Waals surface area contributed by atoms with E-state index in [0.717, 1.165) is 23.3 Å². The number of halogens is 3. The lowest BCUT2D eigenvalue weighted by Crippen LogP contribution is -2.06. The second kappa shape index (κ2) is 8.32. The summed E-state index contributed by atoms with van der Waals surface area (Å²) in [5, 5.41) is 3.24. The van der Waals surface area contributed by atoms with Crippen LogP contribution in [0.2, 0.25) is 0 Å². The van der Waals surface area contributed by atoms with Gasteiger partial charge in [0.1, 0.15) is 5.82 Å². The van der Waals surface area contributed by atoms with Gasteiger partial charge in [-0.1, -0.05) is 42.5 Å². The molecule has 0 unspecified atom stereocenters. The molecule has 2 heterocycles. The van der Waals surface area contributed by atoms with Crippen LogP contribution in [0.1, 0.15) is 11.1 Å².